The Kier molecular flexibility index (Phi) is 4.93. The van der Waals surface area contributed by atoms with Gasteiger partial charge in [-0.25, -0.2) is 0 Å². The fourth-order valence-corrected chi connectivity index (χ4v) is 5.66. The highest BCUT2D eigenvalue weighted by Crippen LogP contribution is 2.60. The third-order valence-electron chi connectivity index (χ3n) is 5.82. The zero-order valence-electron chi connectivity index (χ0n) is 15.2. The third-order valence-corrected chi connectivity index (χ3v) is 7.02. The van der Waals surface area contributed by atoms with Crippen LogP contribution < -0.4 is 10.1 Å². The molecule has 3 aliphatic rings. The Morgan fingerprint density at radius 1 is 1.38 bits per heavy atom. The van der Waals surface area contributed by atoms with E-state index in [4.69, 9.17) is 14.2 Å². The highest BCUT2D eigenvalue weighted by atomic mass is 79.9. The maximum atomic E-state index is 12.6. The number of carbonyl (C=O) groups is 3. The van der Waals surface area contributed by atoms with E-state index in [2.05, 4.69) is 21.2 Å². The van der Waals surface area contributed by atoms with Crippen molar-refractivity contribution in [2.24, 2.45) is 23.7 Å². The van der Waals surface area contributed by atoms with Gasteiger partial charge in [0.25, 0.3) is 11.6 Å². The SMILES string of the molecule is COc1ccc([N+](=O)[O-])c(NC(=O)COC(=O)[C@@H]2[C@H]3C[C@H]4[C@H](OC(=O)[C@H]42)[C@@H]3Br)c1. The fraction of sp³-hybridized carbons (Fsp3) is 0.500. The molecule has 0 spiro atoms. The van der Waals surface area contributed by atoms with Crippen LogP contribution in [0.4, 0.5) is 11.4 Å². The van der Waals surface area contributed by atoms with Crippen LogP contribution in [0.3, 0.4) is 0 Å². The number of fused-ring (bicyclic) bond motifs is 1. The second-order valence-corrected chi connectivity index (χ2v) is 8.31. The predicted molar refractivity (Wildman–Crippen MR) is 100 cm³/mol. The Bertz CT molecular complexity index is 906. The Morgan fingerprint density at radius 3 is 2.83 bits per heavy atom. The molecule has 11 heteroatoms. The number of amides is 1. The molecule has 6 atom stereocenters. The summed E-state index contributed by atoms with van der Waals surface area (Å²) in [7, 11) is 1.39. The van der Waals surface area contributed by atoms with E-state index in [1.807, 2.05) is 0 Å². The van der Waals surface area contributed by atoms with Crippen molar-refractivity contribution < 1.29 is 33.5 Å². The first-order valence-electron chi connectivity index (χ1n) is 8.95. The number of methoxy groups -OCH3 is 1. The van der Waals surface area contributed by atoms with Gasteiger partial charge >= 0.3 is 11.9 Å². The number of nitrogens with zero attached hydrogens (tertiary/aromatic N) is 1. The molecule has 3 fully saturated rings. The van der Waals surface area contributed by atoms with Crippen molar-refractivity contribution in [3.05, 3.63) is 28.3 Å². The summed E-state index contributed by atoms with van der Waals surface area (Å²) in [6.45, 7) is -0.626. The summed E-state index contributed by atoms with van der Waals surface area (Å²) in [6.07, 6.45) is 0.484. The topological polar surface area (TPSA) is 134 Å². The van der Waals surface area contributed by atoms with Crippen molar-refractivity contribution in [1.29, 1.82) is 0 Å². The van der Waals surface area contributed by atoms with Gasteiger partial charge in [-0.1, -0.05) is 15.9 Å². The molecule has 1 aromatic rings. The third kappa shape index (κ3) is 3.22. The highest BCUT2D eigenvalue weighted by Gasteiger charge is 2.68. The Labute approximate surface area is 173 Å². The first-order chi connectivity index (χ1) is 13.8. The molecule has 29 heavy (non-hydrogen) atoms. The van der Waals surface area contributed by atoms with E-state index in [9.17, 15) is 24.5 Å². The van der Waals surface area contributed by atoms with Crippen molar-refractivity contribution in [2.75, 3.05) is 19.0 Å². The van der Waals surface area contributed by atoms with Crippen molar-refractivity contribution in [2.45, 2.75) is 17.4 Å². The number of alkyl halides is 1. The standard InChI is InChI=1S/C18H17BrN2O8/c1-27-7-2-3-11(21(25)26)10(4-7)20-12(22)6-28-17(23)13-8-5-9-14(13)18(24)29-16(9)15(8)19/h2-4,8-9,13-16H,5-6H2,1H3,(H,20,22)/t8-,9-,13-,14-,15-,16+/m1/s1. The summed E-state index contributed by atoms with van der Waals surface area (Å²) in [4.78, 5) is 47.3. The summed E-state index contributed by atoms with van der Waals surface area (Å²) < 4.78 is 15.5. The molecule has 0 aromatic heterocycles. The van der Waals surface area contributed by atoms with Gasteiger partial charge < -0.3 is 19.5 Å². The van der Waals surface area contributed by atoms with Gasteiger partial charge in [0.2, 0.25) is 0 Å². The lowest BCUT2D eigenvalue weighted by atomic mass is 9.80. The monoisotopic (exact) mass is 468 g/mol. The molecule has 154 valence electrons. The van der Waals surface area contributed by atoms with Crippen LogP contribution in [0.2, 0.25) is 0 Å². The van der Waals surface area contributed by atoms with Gasteiger partial charge in [-0.3, -0.25) is 24.5 Å². The number of carbonyl (C=O) groups excluding carboxylic acids is 3. The Balaban J connectivity index is 1.40. The number of halogens is 1. The van der Waals surface area contributed by atoms with Gasteiger partial charge in [0.15, 0.2) is 6.61 Å². The van der Waals surface area contributed by atoms with Gasteiger partial charge in [0.1, 0.15) is 17.5 Å². The molecule has 4 rings (SSSR count). The molecule has 2 bridgehead atoms. The van der Waals surface area contributed by atoms with E-state index in [1.165, 1.54) is 25.3 Å². The van der Waals surface area contributed by atoms with Gasteiger partial charge in [-0.2, -0.15) is 0 Å². The quantitative estimate of drug-likeness (QED) is 0.288. The van der Waals surface area contributed by atoms with Crippen molar-refractivity contribution in [1.82, 2.24) is 0 Å². The molecule has 1 amide bonds. The largest absolute Gasteiger partial charge is 0.497 e. The molecular formula is C18H17BrN2O8. The fourth-order valence-electron chi connectivity index (χ4n) is 4.61. The molecule has 2 saturated carbocycles. The van der Waals surface area contributed by atoms with Gasteiger partial charge in [0.05, 0.1) is 28.7 Å². The normalized spacial score (nSPS) is 31.3. The number of esters is 2. The van der Waals surface area contributed by atoms with E-state index >= 15 is 0 Å². The van der Waals surface area contributed by atoms with Crippen LogP contribution in [0, 0.1) is 33.8 Å². The maximum absolute atomic E-state index is 12.6. The minimum Gasteiger partial charge on any atom is -0.497 e. The average molecular weight is 469 g/mol. The minimum absolute atomic E-state index is 0.0114. The second kappa shape index (κ2) is 7.29. The number of nitro groups is 1. The minimum atomic E-state index is -0.736. The number of nitro benzene ring substituents is 1. The second-order valence-electron chi connectivity index (χ2n) is 7.26. The first-order valence-corrected chi connectivity index (χ1v) is 9.87. The number of rotatable bonds is 6. The number of benzene rings is 1. The van der Waals surface area contributed by atoms with Crippen LogP contribution in [0.1, 0.15) is 6.42 Å². The van der Waals surface area contributed by atoms with E-state index in [0.717, 1.165) is 0 Å². The number of hydrogen-bond acceptors (Lipinski definition) is 8. The molecule has 2 aliphatic carbocycles. The predicted octanol–water partition coefficient (Wildman–Crippen LogP) is 1.66. The van der Waals surface area contributed by atoms with Crippen molar-refractivity contribution in [3.8, 4) is 5.75 Å². The maximum Gasteiger partial charge on any atom is 0.310 e. The lowest BCUT2D eigenvalue weighted by Crippen LogP contribution is -2.39. The molecule has 1 saturated heterocycles. The smallest absolute Gasteiger partial charge is 0.310 e. The summed E-state index contributed by atoms with van der Waals surface area (Å²) in [6, 6.07) is 3.90. The van der Waals surface area contributed by atoms with Gasteiger partial charge in [-0.15, -0.1) is 0 Å². The molecule has 0 unspecified atom stereocenters. The van der Waals surface area contributed by atoms with Crippen LogP contribution in [0.25, 0.3) is 0 Å². The molecule has 1 heterocycles. The molecule has 1 aliphatic heterocycles. The highest BCUT2D eigenvalue weighted by molar-refractivity contribution is 9.09. The van der Waals surface area contributed by atoms with Crippen LogP contribution in [0.15, 0.2) is 18.2 Å². The summed E-state index contributed by atoms with van der Waals surface area (Å²) in [5.74, 6) is -2.74. The van der Waals surface area contributed by atoms with Crippen molar-refractivity contribution >= 4 is 45.2 Å². The summed E-state index contributed by atoms with van der Waals surface area (Å²) in [5.41, 5.74) is -0.390. The molecule has 0 radical (unpaired) electrons. The Morgan fingerprint density at radius 2 is 2.14 bits per heavy atom. The van der Waals surface area contributed by atoms with E-state index in [1.54, 1.807) is 0 Å². The zero-order valence-corrected chi connectivity index (χ0v) is 16.8. The van der Waals surface area contributed by atoms with Crippen LogP contribution in [-0.4, -0.2) is 47.4 Å². The lowest BCUT2D eigenvalue weighted by molar-refractivity contribution is -0.383. The van der Waals surface area contributed by atoms with E-state index < -0.39 is 41.2 Å². The molecule has 1 aromatic carbocycles. The summed E-state index contributed by atoms with van der Waals surface area (Å²) in [5, 5.41) is 13.5. The van der Waals surface area contributed by atoms with Gasteiger partial charge in [0, 0.05) is 18.1 Å². The first kappa shape index (κ1) is 19.6. The number of ether oxygens (including phenoxy) is 3. The summed E-state index contributed by atoms with van der Waals surface area (Å²) >= 11 is 3.50. The number of hydrogen-bond donors (Lipinski definition) is 1. The lowest BCUT2D eigenvalue weighted by Gasteiger charge is -2.26. The van der Waals surface area contributed by atoms with Crippen LogP contribution >= 0.6 is 15.9 Å². The molecule has 10 nitrogen and oxygen atoms in total. The number of nitrogens with one attached hydrogen (secondary N) is 1. The molecule has 1 N–H and O–H groups in total. The van der Waals surface area contributed by atoms with E-state index in [-0.39, 0.29) is 34.1 Å². The average Bonchev–Trinajstić information content (AvgIpc) is 3.30. The Hall–Kier alpha value is -2.69. The van der Waals surface area contributed by atoms with E-state index in [0.29, 0.717) is 12.2 Å². The van der Waals surface area contributed by atoms with Gasteiger partial charge in [-0.05, 0) is 18.4 Å². The number of anilines is 1. The van der Waals surface area contributed by atoms with Crippen LogP contribution in [-0.2, 0) is 23.9 Å². The molecular weight excluding hydrogens is 452 g/mol. The van der Waals surface area contributed by atoms with Crippen molar-refractivity contribution in [3.63, 3.8) is 0 Å². The van der Waals surface area contributed by atoms with Crippen LogP contribution in [0.5, 0.6) is 5.75 Å². The zero-order chi connectivity index (χ0) is 20.9.